The summed E-state index contributed by atoms with van der Waals surface area (Å²) in [4.78, 5) is 10.7. The number of carbonyl (C=O) groups is 1. The summed E-state index contributed by atoms with van der Waals surface area (Å²) in [5.41, 5.74) is 1.24. The summed E-state index contributed by atoms with van der Waals surface area (Å²) in [6.45, 7) is 0.380. The zero-order chi connectivity index (χ0) is 12.0. The Morgan fingerprint density at radius 1 is 1.56 bits per heavy atom. The number of nitriles is 1. The number of hydrogen-bond donors (Lipinski definition) is 1. The lowest BCUT2D eigenvalue weighted by Crippen LogP contribution is -1.99. The molecule has 0 fully saturated rings. The molecule has 0 aromatic heterocycles. The summed E-state index contributed by atoms with van der Waals surface area (Å²) >= 11 is 0. The number of carboxylic acids is 1. The van der Waals surface area contributed by atoms with Crippen molar-refractivity contribution in [3.63, 3.8) is 0 Å². The van der Waals surface area contributed by atoms with E-state index in [0.717, 1.165) is 5.56 Å². The molecule has 0 spiro atoms. The van der Waals surface area contributed by atoms with Crippen molar-refractivity contribution in [1.82, 2.24) is 0 Å². The predicted molar refractivity (Wildman–Crippen MR) is 58.4 cm³/mol. The van der Waals surface area contributed by atoms with E-state index in [2.05, 4.69) is 0 Å². The number of rotatable bonds is 4. The Balaban J connectivity index is 3.13. The third-order valence-corrected chi connectivity index (χ3v) is 2.01. The molecule has 0 aliphatic heterocycles. The highest BCUT2D eigenvalue weighted by Gasteiger charge is 2.07. The third kappa shape index (κ3) is 2.94. The van der Waals surface area contributed by atoms with E-state index in [9.17, 15) is 4.79 Å². The molecule has 0 aliphatic carbocycles. The summed E-state index contributed by atoms with van der Waals surface area (Å²) in [5.74, 6) is -1.23. The van der Waals surface area contributed by atoms with Gasteiger partial charge in [0.25, 0.3) is 0 Å². The highest BCUT2D eigenvalue weighted by atomic mass is 16.5. The predicted octanol–water partition coefficient (Wildman–Crippen LogP) is 1.82. The van der Waals surface area contributed by atoms with Crippen molar-refractivity contribution < 1.29 is 14.6 Å². The number of aliphatic carboxylic acids is 1. The van der Waals surface area contributed by atoms with Crippen LogP contribution >= 0.6 is 0 Å². The van der Waals surface area contributed by atoms with Crippen LogP contribution in [0.15, 0.2) is 29.8 Å². The number of ether oxygens (including phenoxy) is 1. The van der Waals surface area contributed by atoms with Crippen molar-refractivity contribution in [3.05, 3.63) is 41.0 Å². The number of hydrogen-bond acceptors (Lipinski definition) is 3. The van der Waals surface area contributed by atoms with Crippen molar-refractivity contribution in [1.29, 1.82) is 5.26 Å². The first-order chi connectivity index (χ1) is 7.69. The van der Waals surface area contributed by atoms with Gasteiger partial charge in [0.2, 0.25) is 0 Å². The van der Waals surface area contributed by atoms with Gasteiger partial charge in [-0.2, -0.15) is 5.26 Å². The van der Waals surface area contributed by atoms with Gasteiger partial charge in [-0.1, -0.05) is 24.3 Å². The van der Waals surface area contributed by atoms with Crippen LogP contribution in [-0.4, -0.2) is 18.2 Å². The van der Waals surface area contributed by atoms with Gasteiger partial charge < -0.3 is 9.84 Å². The molecule has 0 unspecified atom stereocenters. The fraction of sp³-hybridized carbons (Fsp3) is 0.167. The minimum atomic E-state index is -1.23. The molecule has 1 rings (SSSR count). The third-order valence-electron chi connectivity index (χ3n) is 2.01. The first-order valence-electron chi connectivity index (χ1n) is 4.61. The monoisotopic (exact) mass is 217 g/mol. The van der Waals surface area contributed by atoms with Crippen LogP contribution in [0.1, 0.15) is 11.1 Å². The lowest BCUT2D eigenvalue weighted by Gasteiger charge is -2.04. The molecule has 0 radical (unpaired) electrons. The van der Waals surface area contributed by atoms with Crippen molar-refractivity contribution in [2.45, 2.75) is 6.61 Å². The van der Waals surface area contributed by atoms with Gasteiger partial charge >= 0.3 is 5.97 Å². The highest BCUT2D eigenvalue weighted by Crippen LogP contribution is 2.14. The molecule has 1 aromatic carbocycles. The van der Waals surface area contributed by atoms with Crippen LogP contribution in [0.3, 0.4) is 0 Å². The summed E-state index contributed by atoms with van der Waals surface area (Å²) in [5, 5.41) is 17.4. The summed E-state index contributed by atoms with van der Waals surface area (Å²) in [6.07, 6.45) is 1.34. The molecule has 82 valence electrons. The van der Waals surface area contributed by atoms with E-state index >= 15 is 0 Å². The van der Waals surface area contributed by atoms with E-state index in [-0.39, 0.29) is 5.57 Å². The number of nitrogens with zero attached hydrogens (tertiary/aromatic N) is 1. The second-order valence-electron chi connectivity index (χ2n) is 3.11. The largest absolute Gasteiger partial charge is 0.477 e. The summed E-state index contributed by atoms with van der Waals surface area (Å²) in [6, 6.07) is 8.82. The van der Waals surface area contributed by atoms with E-state index in [1.807, 2.05) is 12.1 Å². The summed E-state index contributed by atoms with van der Waals surface area (Å²) in [7, 11) is 1.56. The van der Waals surface area contributed by atoms with Gasteiger partial charge in [-0.3, -0.25) is 0 Å². The van der Waals surface area contributed by atoms with Gasteiger partial charge in [0.15, 0.2) is 0 Å². The van der Waals surface area contributed by atoms with E-state index in [4.69, 9.17) is 15.1 Å². The number of methoxy groups -OCH3 is 1. The molecule has 4 heteroatoms. The first kappa shape index (κ1) is 12.0. The average molecular weight is 217 g/mol. The van der Waals surface area contributed by atoms with Gasteiger partial charge in [-0.25, -0.2) is 4.79 Å². The topological polar surface area (TPSA) is 70.3 Å². The van der Waals surface area contributed by atoms with Gasteiger partial charge in [-0.15, -0.1) is 0 Å². The van der Waals surface area contributed by atoms with Crippen molar-refractivity contribution in [2.75, 3.05) is 7.11 Å². The minimum absolute atomic E-state index is 0.288. The minimum Gasteiger partial charge on any atom is -0.477 e. The smallest absolute Gasteiger partial charge is 0.346 e. The molecule has 0 saturated heterocycles. The van der Waals surface area contributed by atoms with E-state index in [1.54, 1.807) is 25.3 Å². The fourth-order valence-electron chi connectivity index (χ4n) is 1.26. The normalized spacial score (nSPS) is 10.9. The lowest BCUT2D eigenvalue weighted by atomic mass is 10.1. The fourth-order valence-corrected chi connectivity index (χ4v) is 1.26. The second-order valence-corrected chi connectivity index (χ2v) is 3.11. The van der Waals surface area contributed by atoms with Gasteiger partial charge in [-0.05, 0) is 17.2 Å². The van der Waals surface area contributed by atoms with Crippen LogP contribution in [0.2, 0.25) is 0 Å². The van der Waals surface area contributed by atoms with Crippen LogP contribution in [0.5, 0.6) is 0 Å². The number of benzene rings is 1. The molecular formula is C12H11NO3. The SMILES string of the molecule is COCc1ccccc1C=C(C#N)C(=O)O. The van der Waals surface area contributed by atoms with E-state index in [0.29, 0.717) is 12.2 Å². The highest BCUT2D eigenvalue weighted by molar-refractivity contribution is 5.96. The molecule has 0 heterocycles. The molecule has 1 aromatic rings. The molecular weight excluding hydrogens is 206 g/mol. The zero-order valence-electron chi connectivity index (χ0n) is 8.80. The Labute approximate surface area is 93.4 Å². The molecule has 1 N–H and O–H groups in total. The Hall–Kier alpha value is -2.12. The van der Waals surface area contributed by atoms with Gasteiger partial charge in [0.1, 0.15) is 11.6 Å². The Morgan fingerprint density at radius 2 is 2.25 bits per heavy atom. The van der Waals surface area contributed by atoms with E-state index in [1.165, 1.54) is 6.08 Å². The van der Waals surface area contributed by atoms with Gasteiger partial charge in [0, 0.05) is 7.11 Å². The van der Waals surface area contributed by atoms with Crippen LogP contribution in [0.25, 0.3) is 6.08 Å². The molecule has 16 heavy (non-hydrogen) atoms. The van der Waals surface area contributed by atoms with Gasteiger partial charge in [0.05, 0.1) is 6.61 Å². The maximum Gasteiger partial charge on any atom is 0.346 e. The zero-order valence-corrected chi connectivity index (χ0v) is 8.80. The van der Waals surface area contributed by atoms with Crippen LogP contribution in [0.4, 0.5) is 0 Å². The molecule has 0 bridgehead atoms. The quantitative estimate of drug-likeness (QED) is 0.617. The maximum absolute atomic E-state index is 10.7. The van der Waals surface area contributed by atoms with Crippen LogP contribution in [-0.2, 0) is 16.1 Å². The van der Waals surface area contributed by atoms with Crippen LogP contribution in [0, 0.1) is 11.3 Å². The summed E-state index contributed by atoms with van der Waals surface area (Å²) < 4.78 is 4.98. The second kappa shape index (κ2) is 5.69. The molecule has 0 saturated carbocycles. The molecule has 0 atom stereocenters. The van der Waals surface area contributed by atoms with Crippen LogP contribution < -0.4 is 0 Å². The lowest BCUT2D eigenvalue weighted by molar-refractivity contribution is -0.132. The van der Waals surface area contributed by atoms with Crippen molar-refractivity contribution in [2.24, 2.45) is 0 Å². The Bertz CT molecular complexity index is 458. The Morgan fingerprint density at radius 3 is 2.81 bits per heavy atom. The first-order valence-corrected chi connectivity index (χ1v) is 4.61. The maximum atomic E-state index is 10.7. The Kier molecular flexibility index (Phi) is 4.25. The number of carboxylic acid groups (broad SMARTS) is 1. The standard InChI is InChI=1S/C12H11NO3/c1-16-8-10-5-3-2-4-9(10)6-11(7-13)12(14)15/h2-6H,8H2,1H3,(H,14,15). The van der Waals surface area contributed by atoms with Crippen molar-refractivity contribution in [3.8, 4) is 6.07 Å². The molecule has 0 amide bonds. The van der Waals surface area contributed by atoms with Crippen molar-refractivity contribution >= 4 is 12.0 Å². The molecule has 4 nitrogen and oxygen atoms in total. The average Bonchev–Trinajstić information content (AvgIpc) is 2.27. The molecule has 0 aliphatic rings. The van der Waals surface area contributed by atoms with E-state index < -0.39 is 5.97 Å².